The van der Waals surface area contributed by atoms with Gasteiger partial charge in [-0.25, -0.2) is 9.97 Å². The van der Waals surface area contributed by atoms with Crippen molar-refractivity contribution in [3.63, 3.8) is 0 Å². The monoisotopic (exact) mass is 729 g/mol. The predicted octanol–water partition coefficient (Wildman–Crippen LogP) is 14.4. The van der Waals surface area contributed by atoms with E-state index in [-0.39, 0.29) is 0 Å². The van der Waals surface area contributed by atoms with Gasteiger partial charge in [0.1, 0.15) is 5.82 Å². The Balaban J connectivity index is 1.31. The van der Waals surface area contributed by atoms with Crippen LogP contribution < -0.4 is 0 Å². The molecule has 0 aliphatic carbocycles. The third kappa shape index (κ3) is 4.57. The van der Waals surface area contributed by atoms with Gasteiger partial charge in [-0.3, -0.25) is 4.57 Å². The van der Waals surface area contributed by atoms with Crippen molar-refractivity contribution in [1.29, 1.82) is 0 Å². The van der Waals surface area contributed by atoms with Gasteiger partial charge in [-0.2, -0.15) is 0 Å². The summed E-state index contributed by atoms with van der Waals surface area (Å²) in [6.45, 7) is 0. The summed E-state index contributed by atoms with van der Waals surface area (Å²) in [5.41, 5.74) is 7.68. The molecule has 0 aliphatic heterocycles. The van der Waals surface area contributed by atoms with Crippen LogP contribution in [0.1, 0.15) is 0 Å². The van der Waals surface area contributed by atoms with Gasteiger partial charge in [0.25, 0.3) is 0 Å². The Bertz CT molecular complexity index is 3460. The second-order valence-electron chi connectivity index (χ2n) is 14.5. The van der Waals surface area contributed by atoms with E-state index in [0.717, 1.165) is 33.7 Å². The van der Waals surface area contributed by atoms with Crippen molar-refractivity contribution in [1.82, 2.24) is 14.5 Å². The van der Waals surface area contributed by atoms with Crippen molar-refractivity contribution in [2.24, 2.45) is 0 Å². The molecule has 0 amide bonds. The van der Waals surface area contributed by atoms with Crippen LogP contribution in [-0.4, -0.2) is 14.5 Å². The van der Waals surface area contributed by atoms with Crippen molar-refractivity contribution in [2.75, 3.05) is 0 Å². The molecule has 12 rings (SSSR count). The second kappa shape index (κ2) is 12.2. The largest absolute Gasteiger partial charge is 0.292 e. The normalized spacial score (nSPS) is 11.9. The molecule has 260 valence electrons. The van der Waals surface area contributed by atoms with E-state index in [9.17, 15) is 0 Å². The van der Waals surface area contributed by atoms with E-state index in [1.807, 2.05) is 17.4 Å². The van der Waals surface area contributed by atoms with Crippen molar-refractivity contribution in [3.8, 4) is 39.6 Å². The van der Waals surface area contributed by atoms with Gasteiger partial charge < -0.3 is 0 Å². The zero-order valence-electron chi connectivity index (χ0n) is 30.1. The SMILES string of the molecule is c1ccc(-c2cc(-n3c4ccccc4c4cc(-c5cccc6ccccc56)c5c(sc6c7ccccc7c7ccccc7c65)c43)nc(-c3ccccc3)n2)cc1. The molecule has 3 nitrogen and oxygen atoms in total. The van der Waals surface area contributed by atoms with E-state index in [1.54, 1.807) is 0 Å². The number of hydrogen-bond donors (Lipinski definition) is 0. The summed E-state index contributed by atoms with van der Waals surface area (Å²) in [6, 6.07) is 67.6. The highest BCUT2D eigenvalue weighted by atomic mass is 32.1. The molecule has 3 aromatic heterocycles. The van der Waals surface area contributed by atoms with Gasteiger partial charge in [0, 0.05) is 48.8 Å². The molecular weight excluding hydrogens is 699 g/mol. The first-order chi connectivity index (χ1) is 27.8. The van der Waals surface area contributed by atoms with Gasteiger partial charge >= 0.3 is 0 Å². The summed E-state index contributed by atoms with van der Waals surface area (Å²) in [5, 5.41) is 12.6. The fourth-order valence-electron chi connectivity index (χ4n) is 8.94. The van der Waals surface area contributed by atoms with Crippen LogP contribution in [-0.2, 0) is 0 Å². The first-order valence-corrected chi connectivity index (χ1v) is 19.8. The standard InChI is InChI=1S/C52H31N3S/c1-3-17-33(18-4-1)44-31-46(54-52(53-44)34-19-5-2-6-20-34)55-45-29-14-13-25-39(45)43-30-42(36-28-15-21-32-16-7-8-22-35(32)36)48-47-40-26-11-9-23-37(40)38-24-10-12-27-41(38)50(47)56-51(48)49(43)55/h1-31H. The third-order valence-corrected chi connectivity index (χ3v) is 12.6. The van der Waals surface area contributed by atoms with Crippen LogP contribution in [0.15, 0.2) is 188 Å². The molecule has 0 N–H and O–H groups in total. The lowest BCUT2D eigenvalue weighted by molar-refractivity contribution is 1.05. The van der Waals surface area contributed by atoms with Crippen LogP contribution >= 0.6 is 11.3 Å². The Kier molecular flexibility index (Phi) is 6.80. The zero-order chi connectivity index (χ0) is 36.7. The van der Waals surface area contributed by atoms with Crippen molar-refractivity contribution >= 4 is 85.6 Å². The molecular formula is C52H31N3S. The van der Waals surface area contributed by atoms with Crippen LogP contribution in [0.4, 0.5) is 0 Å². The molecule has 56 heavy (non-hydrogen) atoms. The van der Waals surface area contributed by atoms with Gasteiger partial charge in [-0.1, -0.05) is 170 Å². The molecule has 0 bridgehead atoms. The summed E-state index contributed by atoms with van der Waals surface area (Å²) < 4.78 is 4.96. The quantitative estimate of drug-likeness (QED) is 0.169. The van der Waals surface area contributed by atoms with Crippen molar-refractivity contribution in [2.45, 2.75) is 0 Å². The van der Waals surface area contributed by atoms with Crippen molar-refractivity contribution in [3.05, 3.63) is 188 Å². The molecule has 0 saturated heterocycles. The number of aromatic nitrogens is 3. The van der Waals surface area contributed by atoms with E-state index >= 15 is 0 Å². The van der Waals surface area contributed by atoms with E-state index in [0.29, 0.717) is 5.82 Å². The first-order valence-electron chi connectivity index (χ1n) is 19.0. The minimum atomic E-state index is 0.699. The number of nitrogens with zero attached hydrogens (tertiary/aromatic N) is 3. The molecule has 0 saturated carbocycles. The Morgan fingerprint density at radius 1 is 0.393 bits per heavy atom. The summed E-state index contributed by atoms with van der Waals surface area (Å²) >= 11 is 1.91. The van der Waals surface area contributed by atoms with Gasteiger partial charge in [0.05, 0.1) is 21.4 Å². The number of para-hydroxylation sites is 1. The van der Waals surface area contributed by atoms with Gasteiger partial charge in [0.2, 0.25) is 0 Å². The summed E-state index contributed by atoms with van der Waals surface area (Å²) in [7, 11) is 0. The van der Waals surface area contributed by atoms with Gasteiger partial charge in [-0.05, 0) is 50.2 Å². The average Bonchev–Trinajstić information content (AvgIpc) is 3.84. The molecule has 12 aromatic rings. The first kappa shape index (κ1) is 31.2. The van der Waals surface area contributed by atoms with Crippen LogP contribution in [0.5, 0.6) is 0 Å². The predicted molar refractivity (Wildman–Crippen MR) is 238 cm³/mol. The molecule has 0 unspecified atom stereocenters. The van der Waals surface area contributed by atoms with Gasteiger partial charge in [-0.15, -0.1) is 11.3 Å². The Hall–Kier alpha value is -7.14. The fourth-order valence-corrected chi connectivity index (χ4v) is 10.4. The highest BCUT2D eigenvalue weighted by Gasteiger charge is 2.25. The zero-order valence-corrected chi connectivity index (χ0v) is 31.0. The molecule has 0 radical (unpaired) electrons. The van der Waals surface area contributed by atoms with E-state index in [2.05, 4.69) is 187 Å². The smallest absolute Gasteiger partial charge is 0.162 e. The highest BCUT2D eigenvalue weighted by molar-refractivity contribution is 7.28. The van der Waals surface area contributed by atoms with Crippen molar-refractivity contribution < 1.29 is 0 Å². The average molecular weight is 730 g/mol. The minimum absolute atomic E-state index is 0.699. The number of rotatable bonds is 4. The highest BCUT2D eigenvalue weighted by Crippen LogP contribution is 2.52. The van der Waals surface area contributed by atoms with Gasteiger partial charge in [0.15, 0.2) is 5.82 Å². The van der Waals surface area contributed by atoms with Crippen LogP contribution in [0.2, 0.25) is 0 Å². The minimum Gasteiger partial charge on any atom is -0.292 e. The molecule has 0 fully saturated rings. The Morgan fingerprint density at radius 3 is 1.79 bits per heavy atom. The summed E-state index contributed by atoms with van der Waals surface area (Å²) in [6.07, 6.45) is 0. The summed E-state index contributed by atoms with van der Waals surface area (Å²) in [5.74, 6) is 1.54. The van der Waals surface area contributed by atoms with Crippen LogP contribution in [0.25, 0.3) is 114 Å². The Morgan fingerprint density at radius 2 is 1.00 bits per heavy atom. The van der Waals surface area contributed by atoms with E-state index < -0.39 is 0 Å². The van der Waals surface area contributed by atoms with E-state index in [1.165, 1.54) is 74.4 Å². The lowest BCUT2D eigenvalue weighted by atomic mass is 9.90. The maximum absolute atomic E-state index is 5.41. The Labute approximate surface area is 326 Å². The summed E-state index contributed by atoms with van der Waals surface area (Å²) in [4.78, 5) is 10.6. The van der Waals surface area contributed by atoms with Crippen LogP contribution in [0.3, 0.4) is 0 Å². The molecule has 3 heterocycles. The topological polar surface area (TPSA) is 30.7 Å². The fraction of sp³-hybridized carbons (Fsp3) is 0. The molecule has 4 heteroatoms. The molecule has 0 aliphatic rings. The molecule has 0 atom stereocenters. The molecule has 9 aromatic carbocycles. The third-order valence-electron chi connectivity index (χ3n) is 11.4. The maximum Gasteiger partial charge on any atom is 0.162 e. The molecule has 0 spiro atoms. The number of thiophene rings is 1. The second-order valence-corrected chi connectivity index (χ2v) is 15.5. The lowest BCUT2D eigenvalue weighted by Gasteiger charge is -2.14. The maximum atomic E-state index is 5.41. The number of hydrogen-bond acceptors (Lipinski definition) is 3. The van der Waals surface area contributed by atoms with E-state index in [4.69, 9.17) is 9.97 Å². The number of fused-ring (bicyclic) bond motifs is 13. The lowest BCUT2D eigenvalue weighted by Crippen LogP contribution is -2.02. The van der Waals surface area contributed by atoms with Crippen LogP contribution in [0, 0.1) is 0 Å². The number of benzene rings is 9.